The maximum absolute atomic E-state index is 12.1. The van der Waals surface area contributed by atoms with Gasteiger partial charge in [0.1, 0.15) is 48.8 Å². The smallest absolute Gasteiger partial charge is 0.187 e. The van der Waals surface area contributed by atoms with Crippen LogP contribution in [-0.2, 0) is 87.0 Å². The highest BCUT2D eigenvalue weighted by atomic mass is 16.7. The van der Waals surface area contributed by atoms with Crippen molar-refractivity contribution in [3.05, 3.63) is 215 Å². The fourth-order valence-corrected chi connectivity index (χ4v) is 8.19. The van der Waals surface area contributed by atoms with E-state index in [4.69, 9.17) is 47.4 Å². The summed E-state index contributed by atoms with van der Waals surface area (Å²) in [5.41, 5.74) is 5.84. The van der Waals surface area contributed by atoms with Crippen LogP contribution in [0.3, 0.4) is 0 Å². The van der Waals surface area contributed by atoms with Crippen LogP contribution in [0.1, 0.15) is 33.4 Å². The number of aliphatic hydroxyl groups excluding tert-OH is 1. The molecular formula is C55H60O11. The zero-order chi connectivity index (χ0) is 45.2. The van der Waals surface area contributed by atoms with Gasteiger partial charge in [0, 0.05) is 7.11 Å². The summed E-state index contributed by atoms with van der Waals surface area (Å²) in [4.78, 5) is 0. The Balaban J connectivity index is 1.09. The summed E-state index contributed by atoms with van der Waals surface area (Å²) >= 11 is 0. The molecule has 346 valence electrons. The van der Waals surface area contributed by atoms with E-state index in [1.54, 1.807) is 7.11 Å². The molecule has 66 heavy (non-hydrogen) atoms. The first-order valence-electron chi connectivity index (χ1n) is 22.6. The number of rotatable bonds is 23. The van der Waals surface area contributed by atoms with Gasteiger partial charge in [0.15, 0.2) is 12.6 Å². The van der Waals surface area contributed by atoms with Crippen molar-refractivity contribution in [1.29, 1.82) is 0 Å². The van der Waals surface area contributed by atoms with Crippen LogP contribution in [0.25, 0.3) is 0 Å². The molecule has 11 nitrogen and oxygen atoms in total. The third-order valence-electron chi connectivity index (χ3n) is 11.7. The van der Waals surface area contributed by atoms with Crippen LogP contribution in [0.5, 0.6) is 0 Å². The van der Waals surface area contributed by atoms with Crippen LogP contribution < -0.4 is 0 Å². The Morgan fingerprint density at radius 2 is 0.682 bits per heavy atom. The summed E-state index contributed by atoms with van der Waals surface area (Å²) in [6, 6.07) is 59.4. The van der Waals surface area contributed by atoms with Crippen molar-refractivity contribution in [3.63, 3.8) is 0 Å². The summed E-state index contributed by atoms with van der Waals surface area (Å²) in [6.07, 6.45) is -8.46. The molecule has 2 fully saturated rings. The van der Waals surface area contributed by atoms with Gasteiger partial charge < -0.3 is 52.5 Å². The average molecular weight is 897 g/mol. The zero-order valence-corrected chi connectivity index (χ0v) is 37.3. The maximum Gasteiger partial charge on any atom is 0.187 e. The van der Waals surface area contributed by atoms with E-state index in [1.807, 2.05) is 182 Å². The molecular weight excluding hydrogens is 837 g/mol. The Bertz CT molecular complexity index is 2220. The highest BCUT2D eigenvalue weighted by molar-refractivity contribution is 5.18. The molecule has 0 aromatic heterocycles. The van der Waals surface area contributed by atoms with Crippen molar-refractivity contribution >= 4 is 0 Å². The largest absolute Gasteiger partial charge is 0.387 e. The molecule has 0 bridgehead atoms. The van der Waals surface area contributed by atoms with Crippen LogP contribution >= 0.6 is 0 Å². The molecule has 8 rings (SSSR count). The minimum absolute atomic E-state index is 0.0368. The quantitative estimate of drug-likeness (QED) is 0.0668. The standard InChI is InChI=1S/C55H60O11/c1-57-54-53(63-37-45-30-18-7-19-31-45)51(61-35-43-26-14-5-15-27-43)49(59-33-41-22-10-3-11-23-41)47(66-54)39-64-55-52(62-36-44-28-16-6-17-29-44)50(60-34-42-24-12-4-13-25-42)48(56)46(65-55)38-58-32-40-20-8-2-9-21-40/h2-31,46-56H,32-39H2,1H3/t46-,47-,48-,49-,50+,51+,52-,53+,54+,55-/m1/s1. The van der Waals surface area contributed by atoms with Gasteiger partial charge >= 0.3 is 0 Å². The maximum atomic E-state index is 12.1. The normalized spacial score (nSPS) is 25.4. The van der Waals surface area contributed by atoms with Crippen LogP contribution in [0.15, 0.2) is 182 Å². The summed E-state index contributed by atoms with van der Waals surface area (Å²) in [5.74, 6) is 0. The lowest BCUT2D eigenvalue weighted by Gasteiger charge is -2.47. The van der Waals surface area contributed by atoms with Gasteiger partial charge in [-0.2, -0.15) is 0 Å². The fourth-order valence-electron chi connectivity index (χ4n) is 8.19. The van der Waals surface area contributed by atoms with Crippen molar-refractivity contribution in [2.24, 2.45) is 0 Å². The molecule has 2 heterocycles. The first kappa shape index (κ1) is 47.4. The third kappa shape index (κ3) is 13.5. The van der Waals surface area contributed by atoms with E-state index < -0.39 is 61.4 Å². The number of hydrogen-bond donors (Lipinski definition) is 1. The molecule has 0 amide bonds. The third-order valence-corrected chi connectivity index (χ3v) is 11.7. The second kappa shape index (κ2) is 25.1. The van der Waals surface area contributed by atoms with Gasteiger partial charge in [-0.1, -0.05) is 182 Å². The Kier molecular flexibility index (Phi) is 18.0. The molecule has 10 atom stereocenters. The Hall–Kier alpha value is -5.12. The van der Waals surface area contributed by atoms with Crippen molar-refractivity contribution in [2.75, 3.05) is 20.3 Å². The second-order valence-corrected chi connectivity index (χ2v) is 16.5. The van der Waals surface area contributed by atoms with Gasteiger partial charge in [-0.05, 0) is 33.4 Å². The highest BCUT2D eigenvalue weighted by Gasteiger charge is 2.51. The molecule has 2 aliphatic heterocycles. The number of aliphatic hydroxyl groups is 1. The van der Waals surface area contributed by atoms with E-state index in [-0.39, 0.29) is 39.6 Å². The topological polar surface area (TPSA) is 113 Å². The molecule has 1 N–H and O–H groups in total. The van der Waals surface area contributed by atoms with E-state index in [9.17, 15) is 5.11 Å². The number of ether oxygens (including phenoxy) is 10. The summed E-state index contributed by atoms with van der Waals surface area (Å²) < 4.78 is 66.2. The minimum Gasteiger partial charge on any atom is -0.387 e. The van der Waals surface area contributed by atoms with Crippen LogP contribution in [-0.4, -0.2) is 86.8 Å². The molecule has 0 saturated carbocycles. The molecule has 0 aliphatic carbocycles. The van der Waals surface area contributed by atoms with E-state index in [0.29, 0.717) is 13.2 Å². The highest BCUT2D eigenvalue weighted by Crippen LogP contribution is 2.34. The minimum atomic E-state index is -1.13. The van der Waals surface area contributed by atoms with Gasteiger partial charge in [0.25, 0.3) is 0 Å². The molecule has 6 aromatic carbocycles. The molecule has 6 aromatic rings. The molecule has 0 spiro atoms. The summed E-state index contributed by atoms with van der Waals surface area (Å²) in [5, 5.41) is 12.1. The first-order chi connectivity index (χ1) is 32.6. The first-order valence-corrected chi connectivity index (χ1v) is 22.6. The monoisotopic (exact) mass is 896 g/mol. The van der Waals surface area contributed by atoms with Gasteiger partial charge in [0.2, 0.25) is 0 Å². The lowest BCUT2D eigenvalue weighted by Crippen LogP contribution is -2.63. The van der Waals surface area contributed by atoms with Gasteiger partial charge in [-0.3, -0.25) is 0 Å². The molecule has 2 aliphatic rings. The molecule has 11 heteroatoms. The second-order valence-electron chi connectivity index (χ2n) is 16.5. The van der Waals surface area contributed by atoms with Gasteiger partial charge in [-0.15, -0.1) is 0 Å². The van der Waals surface area contributed by atoms with Crippen LogP contribution in [0.4, 0.5) is 0 Å². The molecule has 2 saturated heterocycles. The average Bonchev–Trinajstić information content (AvgIpc) is 3.38. The number of benzene rings is 6. The Morgan fingerprint density at radius 3 is 1.09 bits per heavy atom. The number of hydrogen-bond acceptors (Lipinski definition) is 11. The van der Waals surface area contributed by atoms with Crippen molar-refractivity contribution in [1.82, 2.24) is 0 Å². The van der Waals surface area contributed by atoms with E-state index in [1.165, 1.54) is 0 Å². The van der Waals surface area contributed by atoms with Crippen LogP contribution in [0, 0.1) is 0 Å². The van der Waals surface area contributed by atoms with Crippen molar-refractivity contribution < 1.29 is 52.5 Å². The lowest BCUT2D eigenvalue weighted by atomic mass is 9.97. The van der Waals surface area contributed by atoms with Gasteiger partial charge in [0.05, 0.1) is 52.9 Å². The van der Waals surface area contributed by atoms with E-state index in [2.05, 4.69) is 0 Å². The molecule has 0 unspecified atom stereocenters. The Morgan fingerprint density at radius 1 is 0.348 bits per heavy atom. The van der Waals surface area contributed by atoms with E-state index in [0.717, 1.165) is 33.4 Å². The van der Waals surface area contributed by atoms with Crippen LogP contribution in [0.2, 0.25) is 0 Å². The van der Waals surface area contributed by atoms with Crippen molar-refractivity contribution in [3.8, 4) is 0 Å². The summed E-state index contributed by atoms with van der Waals surface area (Å²) in [6.45, 7) is 1.65. The lowest BCUT2D eigenvalue weighted by molar-refractivity contribution is -0.348. The fraction of sp³-hybridized carbons (Fsp3) is 0.345. The summed E-state index contributed by atoms with van der Waals surface area (Å²) in [7, 11) is 1.59. The molecule has 0 radical (unpaired) electrons. The predicted molar refractivity (Wildman–Crippen MR) is 247 cm³/mol. The van der Waals surface area contributed by atoms with Gasteiger partial charge in [-0.25, -0.2) is 0 Å². The predicted octanol–water partition coefficient (Wildman–Crippen LogP) is 8.60. The number of methoxy groups -OCH3 is 1. The van der Waals surface area contributed by atoms with E-state index >= 15 is 0 Å². The van der Waals surface area contributed by atoms with Crippen molar-refractivity contribution in [2.45, 2.75) is 101 Å². The zero-order valence-electron chi connectivity index (χ0n) is 37.3. The Labute approximate surface area is 388 Å². The SMILES string of the molecule is CO[C@H]1O[C@H](CO[C@@H]2O[C@H](COCc3ccccc3)[C@@H](O)[C@H](OCc3ccccc3)[C@H]2OCc2ccccc2)[C@@H](OCc2ccccc2)[C@H](OCc2ccccc2)[C@@H]1OCc1ccccc1.